The van der Waals surface area contributed by atoms with Gasteiger partial charge in [0.05, 0.1) is 0 Å². The Kier molecular flexibility index (Phi) is 4.51. The van der Waals surface area contributed by atoms with Crippen LogP contribution in [-0.2, 0) is 9.53 Å². The molecular formula is C13H19NO3S. The normalized spacial score (nSPS) is 12.9. The first kappa shape index (κ1) is 14.7. The second-order valence-corrected chi connectivity index (χ2v) is 6.44. The van der Waals surface area contributed by atoms with Crippen LogP contribution in [0.25, 0.3) is 0 Å². The van der Waals surface area contributed by atoms with Crippen molar-refractivity contribution in [1.82, 2.24) is 4.90 Å². The summed E-state index contributed by atoms with van der Waals surface area (Å²) in [6.07, 6.45) is 0.264. The number of thiophene rings is 1. The smallest absolute Gasteiger partial charge is 0.410 e. The molecule has 0 radical (unpaired) electrons. The van der Waals surface area contributed by atoms with E-state index in [2.05, 4.69) is 0 Å². The maximum Gasteiger partial charge on any atom is 0.410 e. The van der Waals surface area contributed by atoms with Crippen molar-refractivity contribution in [3.8, 4) is 0 Å². The van der Waals surface area contributed by atoms with E-state index in [9.17, 15) is 9.59 Å². The molecule has 0 saturated heterocycles. The molecule has 4 nitrogen and oxygen atoms in total. The minimum absolute atomic E-state index is 0.495. The van der Waals surface area contributed by atoms with E-state index in [1.165, 1.54) is 16.2 Å². The van der Waals surface area contributed by atoms with E-state index in [4.69, 9.17) is 4.74 Å². The number of aldehydes is 1. The number of rotatable bonds is 3. The van der Waals surface area contributed by atoms with Gasteiger partial charge in [-0.3, -0.25) is 4.90 Å². The third-order valence-corrected chi connectivity index (χ3v) is 3.35. The van der Waals surface area contributed by atoms with Crippen LogP contribution in [0.15, 0.2) is 12.1 Å². The summed E-state index contributed by atoms with van der Waals surface area (Å²) in [6, 6.07) is 3.21. The SMILES string of the molecule is Cc1ccc(C(C=O)N(C)C(=O)OC(C)(C)C)s1. The summed E-state index contributed by atoms with van der Waals surface area (Å²) in [5.41, 5.74) is -0.565. The van der Waals surface area contributed by atoms with E-state index >= 15 is 0 Å². The second-order valence-electron chi connectivity index (χ2n) is 5.12. The zero-order valence-corrected chi connectivity index (χ0v) is 12.2. The lowest BCUT2D eigenvalue weighted by molar-refractivity contribution is -0.112. The van der Waals surface area contributed by atoms with Gasteiger partial charge in [0.1, 0.15) is 17.9 Å². The zero-order chi connectivity index (χ0) is 13.9. The number of carbonyl (C=O) groups excluding carboxylic acids is 2. The Morgan fingerprint density at radius 1 is 1.44 bits per heavy atom. The minimum atomic E-state index is -0.585. The summed E-state index contributed by atoms with van der Waals surface area (Å²) in [6.45, 7) is 7.35. The lowest BCUT2D eigenvalue weighted by Crippen LogP contribution is -2.37. The molecule has 1 aromatic rings. The quantitative estimate of drug-likeness (QED) is 0.792. The number of amides is 1. The van der Waals surface area contributed by atoms with Gasteiger partial charge in [-0.1, -0.05) is 0 Å². The van der Waals surface area contributed by atoms with Crippen molar-refractivity contribution >= 4 is 23.7 Å². The van der Waals surface area contributed by atoms with Crippen molar-refractivity contribution in [2.75, 3.05) is 7.05 Å². The molecule has 1 unspecified atom stereocenters. The van der Waals surface area contributed by atoms with Crippen molar-refractivity contribution in [3.05, 3.63) is 21.9 Å². The standard InChI is InChI=1S/C13H19NO3S/c1-9-6-7-11(18-9)10(8-15)14(5)12(16)17-13(2,3)4/h6-8,10H,1-5H3. The van der Waals surface area contributed by atoms with Crippen LogP contribution in [0.5, 0.6) is 0 Å². The zero-order valence-electron chi connectivity index (χ0n) is 11.4. The van der Waals surface area contributed by atoms with E-state index in [1.807, 2.05) is 19.1 Å². The Morgan fingerprint density at radius 2 is 2.06 bits per heavy atom. The van der Waals surface area contributed by atoms with Crippen LogP contribution in [0.1, 0.15) is 36.6 Å². The summed E-state index contributed by atoms with van der Waals surface area (Å²) in [4.78, 5) is 26.3. The van der Waals surface area contributed by atoms with Gasteiger partial charge in [-0.15, -0.1) is 11.3 Å². The molecule has 1 heterocycles. The molecule has 5 heteroatoms. The van der Waals surface area contributed by atoms with Crippen LogP contribution in [-0.4, -0.2) is 29.9 Å². The summed E-state index contributed by atoms with van der Waals surface area (Å²) < 4.78 is 5.24. The molecule has 0 fully saturated rings. The summed E-state index contributed by atoms with van der Waals surface area (Å²) in [5.74, 6) is 0. The number of nitrogens with zero attached hydrogens (tertiary/aromatic N) is 1. The molecule has 0 N–H and O–H groups in total. The molecule has 0 saturated carbocycles. The third kappa shape index (κ3) is 3.84. The Morgan fingerprint density at radius 3 is 2.44 bits per heavy atom. The topological polar surface area (TPSA) is 46.6 Å². The van der Waals surface area contributed by atoms with Gasteiger partial charge in [-0.05, 0) is 39.8 Å². The fourth-order valence-electron chi connectivity index (χ4n) is 1.41. The van der Waals surface area contributed by atoms with E-state index in [0.29, 0.717) is 0 Å². The van der Waals surface area contributed by atoms with Crippen LogP contribution in [0.3, 0.4) is 0 Å². The molecule has 0 bridgehead atoms. The monoisotopic (exact) mass is 269 g/mol. The molecular weight excluding hydrogens is 250 g/mol. The Hall–Kier alpha value is -1.36. The highest BCUT2D eigenvalue weighted by Crippen LogP contribution is 2.26. The van der Waals surface area contributed by atoms with Gasteiger partial charge >= 0.3 is 6.09 Å². The Labute approximate surface area is 112 Å². The largest absolute Gasteiger partial charge is 0.444 e. The highest BCUT2D eigenvalue weighted by Gasteiger charge is 2.26. The minimum Gasteiger partial charge on any atom is -0.444 e. The van der Waals surface area contributed by atoms with Crippen molar-refractivity contribution < 1.29 is 14.3 Å². The van der Waals surface area contributed by atoms with Gasteiger partial charge in [-0.2, -0.15) is 0 Å². The maximum atomic E-state index is 11.9. The first-order valence-electron chi connectivity index (χ1n) is 5.72. The summed E-state index contributed by atoms with van der Waals surface area (Å²) in [7, 11) is 1.57. The molecule has 100 valence electrons. The fourth-order valence-corrected chi connectivity index (χ4v) is 2.39. The van der Waals surface area contributed by atoms with Crippen molar-refractivity contribution in [2.24, 2.45) is 0 Å². The highest BCUT2D eigenvalue weighted by atomic mass is 32.1. The van der Waals surface area contributed by atoms with E-state index in [1.54, 1.807) is 27.8 Å². The highest BCUT2D eigenvalue weighted by molar-refractivity contribution is 7.12. The third-order valence-electron chi connectivity index (χ3n) is 2.28. The second kappa shape index (κ2) is 5.52. The lowest BCUT2D eigenvalue weighted by Gasteiger charge is -2.27. The predicted octanol–water partition coefficient (Wildman–Crippen LogP) is 3.16. The number of ether oxygens (including phenoxy) is 1. The molecule has 1 rings (SSSR count). The molecule has 1 amide bonds. The molecule has 1 aromatic heterocycles. The molecule has 18 heavy (non-hydrogen) atoms. The lowest BCUT2D eigenvalue weighted by atomic mass is 10.2. The molecule has 0 aromatic carbocycles. The van der Waals surface area contributed by atoms with Crippen molar-refractivity contribution in [1.29, 1.82) is 0 Å². The van der Waals surface area contributed by atoms with Gasteiger partial charge in [0, 0.05) is 16.8 Å². The van der Waals surface area contributed by atoms with Crippen molar-refractivity contribution in [2.45, 2.75) is 39.3 Å². The van der Waals surface area contributed by atoms with Crippen LogP contribution < -0.4 is 0 Å². The Balaban J connectivity index is 2.83. The van der Waals surface area contributed by atoms with Gasteiger partial charge in [-0.25, -0.2) is 4.79 Å². The Bertz CT molecular complexity index is 434. The van der Waals surface area contributed by atoms with Crippen LogP contribution in [0.4, 0.5) is 4.79 Å². The van der Waals surface area contributed by atoms with E-state index < -0.39 is 17.7 Å². The van der Waals surface area contributed by atoms with Crippen LogP contribution in [0, 0.1) is 6.92 Å². The van der Waals surface area contributed by atoms with Gasteiger partial charge in [0.15, 0.2) is 0 Å². The number of likely N-dealkylation sites (N-methyl/N-ethyl adjacent to an activating group) is 1. The average molecular weight is 269 g/mol. The fraction of sp³-hybridized carbons (Fsp3) is 0.538. The van der Waals surface area contributed by atoms with E-state index in [0.717, 1.165) is 16.0 Å². The maximum absolute atomic E-state index is 11.9. The molecule has 0 spiro atoms. The predicted molar refractivity (Wildman–Crippen MR) is 71.9 cm³/mol. The number of hydrogen-bond acceptors (Lipinski definition) is 4. The molecule has 0 aliphatic rings. The van der Waals surface area contributed by atoms with E-state index in [-0.39, 0.29) is 0 Å². The summed E-state index contributed by atoms with van der Waals surface area (Å²) in [5, 5.41) is 0. The molecule has 0 aliphatic carbocycles. The summed E-state index contributed by atoms with van der Waals surface area (Å²) >= 11 is 1.50. The van der Waals surface area contributed by atoms with Crippen LogP contribution >= 0.6 is 11.3 Å². The molecule has 0 aliphatic heterocycles. The number of hydrogen-bond donors (Lipinski definition) is 0. The van der Waals surface area contributed by atoms with Crippen molar-refractivity contribution in [3.63, 3.8) is 0 Å². The van der Waals surface area contributed by atoms with Gasteiger partial charge < -0.3 is 9.53 Å². The average Bonchev–Trinajstić information content (AvgIpc) is 2.63. The first-order chi connectivity index (χ1) is 8.24. The first-order valence-corrected chi connectivity index (χ1v) is 6.53. The van der Waals surface area contributed by atoms with Crippen LogP contribution in [0.2, 0.25) is 0 Å². The molecule has 1 atom stereocenters. The number of aryl methyl sites for hydroxylation is 1. The number of carbonyl (C=O) groups is 2. The van der Waals surface area contributed by atoms with Gasteiger partial charge in [0.2, 0.25) is 0 Å². The van der Waals surface area contributed by atoms with Gasteiger partial charge in [0.25, 0.3) is 0 Å².